The van der Waals surface area contributed by atoms with Crippen molar-refractivity contribution in [1.29, 1.82) is 0 Å². The number of rotatable bonds is 7. The lowest BCUT2D eigenvalue weighted by Gasteiger charge is -2.10. The van der Waals surface area contributed by atoms with Gasteiger partial charge in [-0.3, -0.25) is 4.57 Å². The third-order valence-corrected chi connectivity index (χ3v) is 3.87. The molecule has 2 heterocycles. The zero-order valence-electron chi connectivity index (χ0n) is 13.3. The standard InChI is InChI=1S/C13H21N5O3S/c1-13(2,3)10-14-9(17-21-10)8-22-12-16-15-11(19)18(12)6-5-7-20-4/h5-8H2,1-4H3,(H,15,19). The molecule has 0 amide bonds. The molecule has 2 aromatic rings. The number of hydrogen-bond donors (Lipinski definition) is 1. The summed E-state index contributed by atoms with van der Waals surface area (Å²) in [6, 6.07) is 0. The maximum absolute atomic E-state index is 11.7. The minimum atomic E-state index is -0.220. The van der Waals surface area contributed by atoms with Crippen molar-refractivity contribution in [3.8, 4) is 0 Å². The number of nitrogens with one attached hydrogen (secondary N) is 1. The van der Waals surface area contributed by atoms with Crippen molar-refractivity contribution >= 4 is 11.8 Å². The summed E-state index contributed by atoms with van der Waals surface area (Å²) < 4.78 is 11.8. The van der Waals surface area contributed by atoms with Gasteiger partial charge in [0.1, 0.15) is 0 Å². The lowest BCUT2D eigenvalue weighted by Crippen LogP contribution is -2.18. The summed E-state index contributed by atoms with van der Waals surface area (Å²) in [5.74, 6) is 1.69. The Labute approximate surface area is 132 Å². The fourth-order valence-electron chi connectivity index (χ4n) is 1.72. The van der Waals surface area contributed by atoms with Crippen molar-refractivity contribution in [1.82, 2.24) is 24.9 Å². The minimum absolute atomic E-state index is 0.176. The zero-order valence-corrected chi connectivity index (χ0v) is 14.1. The predicted octanol–water partition coefficient (Wildman–Crippen LogP) is 1.58. The summed E-state index contributed by atoms with van der Waals surface area (Å²) in [5, 5.41) is 11.1. The van der Waals surface area contributed by atoms with Crippen LogP contribution in [-0.2, 0) is 22.4 Å². The fraction of sp³-hybridized carbons (Fsp3) is 0.692. The summed E-state index contributed by atoms with van der Waals surface area (Å²) in [4.78, 5) is 16.1. The average Bonchev–Trinajstić information content (AvgIpc) is 3.05. The molecule has 8 nitrogen and oxygen atoms in total. The molecule has 2 aromatic heterocycles. The highest BCUT2D eigenvalue weighted by Gasteiger charge is 2.22. The van der Waals surface area contributed by atoms with Crippen LogP contribution >= 0.6 is 11.8 Å². The molecular formula is C13H21N5O3S. The molecule has 0 fully saturated rings. The number of H-pyrrole nitrogens is 1. The molecule has 0 spiro atoms. The first kappa shape index (κ1) is 16.8. The van der Waals surface area contributed by atoms with E-state index in [1.54, 1.807) is 11.7 Å². The van der Waals surface area contributed by atoms with Crippen LogP contribution in [0, 0.1) is 0 Å². The molecule has 0 unspecified atom stereocenters. The zero-order chi connectivity index (χ0) is 16.2. The molecular weight excluding hydrogens is 306 g/mol. The number of methoxy groups -OCH3 is 1. The first-order chi connectivity index (χ1) is 10.4. The van der Waals surface area contributed by atoms with Crippen LogP contribution in [-0.4, -0.2) is 38.6 Å². The Hall–Kier alpha value is -1.61. The van der Waals surface area contributed by atoms with E-state index in [2.05, 4.69) is 20.3 Å². The van der Waals surface area contributed by atoms with Gasteiger partial charge in [0.2, 0.25) is 5.89 Å². The molecule has 122 valence electrons. The smallest absolute Gasteiger partial charge is 0.343 e. The fourth-order valence-corrected chi connectivity index (χ4v) is 2.54. The Morgan fingerprint density at radius 2 is 2.18 bits per heavy atom. The largest absolute Gasteiger partial charge is 0.385 e. The molecule has 0 aliphatic heterocycles. The lowest BCUT2D eigenvalue weighted by molar-refractivity contribution is 0.189. The molecule has 0 bridgehead atoms. The van der Waals surface area contributed by atoms with Gasteiger partial charge in [-0.05, 0) is 6.42 Å². The Kier molecular flexibility index (Phi) is 5.41. The van der Waals surface area contributed by atoms with Gasteiger partial charge >= 0.3 is 5.69 Å². The predicted molar refractivity (Wildman–Crippen MR) is 81.9 cm³/mol. The highest BCUT2D eigenvalue weighted by molar-refractivity contribution is 7.98. The first-order valence-electron chi connectivity index (χ1n) is 7.02. The van der Waals surface area contributed by atoms with Gasteiger partial charge < -0.3 is 9.26 Å². The molecule has 22 heavy (non-hydrogen) atoms. The van der Waals surface area contributed by atoms with Crippen molar-refractivity contribution in [3.05, 3.63) is 22.2 Å². The normalized spacial score (nSPS) is 12.0. The van der Waals surface area contributed by atoms with E-state index in [0.717, 1.165) is 6.42 Å². The van der Waals surface area contributed by atoms with E-state index in [1.165, 1.54) is 11.8 Å². The third-order valence-electron chi connectivity index (χ3n) is 2.89. The van der Waals surface area contributed by atoms with Gasteiger partial charge in [-0.1, -0.05) is 37.7 Å². The van der Waals surface area contributed by atoms with E-state index >= 15 is 0 Å². The molecule has 0 aliphatic rings. The van der Waals surface area contributed by atoms with Gasteiger partial charge in [-0.15, -0.1) is 5.10 Å². The number of aromatic nitrogens is 5. The van der Waals surface area contributed by atoms with Crippen LogP contribution < -0.4 is 5.69 Å². The molecule has 0 saturated carbocycles. The molecule has 0 saturated heterocycles. The van der Waals surface area contributed by atoms with Crippen molar-refractivity contribution in [2.75, 3.05) is 13.7 Å². The van der Waals surface area contributed by atoms with Gasteiger partial charge in [0.25, 0.3) is 0 Å². The van der Waals surface area contributed by atoms with Crippen molar-refractivity contribution in [2.24, 2.45) is 0 Å². The lowest BCUT2D eigenvalue weighted by atomic mass is 9.97. The molecule has 9 heteroatoms. The van der Waals surface area contributed by atoms with E-state index in [0.29, 0.717) is 35.8 Å². The van der Waals surface area contributed by atoms with Crippen LogP contribution in [0.2, 0.25) is 0 Å². The molecule has 0 atom stereocenters. The Morgan fingerprint density at radius 1 is 1.41 bits per heavy atom. The molecule has 0 aliphatic carbocycles. The molecule has 0 radical (unpaired) electrons. The highest BCUT2D eigenvalue weighted by atomic mass is 32.2. The molecule has 0 aromatic carbocycles. The van der Waals surface area contributed by atoms with Gasteiger partial charge in [-0.2, -0.15) is 4.98 Å². The number of nitrogens with zero attached hydrogens (tertiary/aromatic N) is 4. The van der Waals surface area contributed by atoms with Crippen molar-refractivity contribution < 1.29 is 9.26 Å². The average molecular weight is 327 g/mol. The summed E-state index contributed by atoms with van der Waals surface area (Å²) in [6.45, 7) is 7.20. The number of aromatic amines is 1. The van der Waals surface area contributed by atoms with Gasteiger partial charge in [0.15, 0.2) is 11.0 Å². The second-order valence-corrected chi connectivity index (χ2v) is 6.81. The maximum atomic E-state index is 11.7. The van der Waals surface area contributed by atoms with E-state index in [1.807, 2.05) is 20.8 Å². The van der Waals surface area contributed by atoms with Crippen LogP contribution in [0.5, 0.6) is 0 Å². The Morgan fingerprint density at radius 3 is 2.82 bits per heavy atom. The maximum Gasteiger partial charge on any atom is 0.343 e. The third kappa shape index (κ3) is 4.20. The highest BCUT2D eigenvalue weighted by Crippen LogP contribution is 2.23. The molecule has 2 rings (SSSR count). The summed E-state index contributed by atoms with van der Waals surface area (Å²) in [7, 11) is 1.64. The second-order valence-electron chi connectivity index (χ2n) is 5.86. The van der Waals surface area contributed by atoms with Crippen LogP contribution in [0.3, 0.4) is 0 Å². The van der Waals surface area contributed by atoms with Crippen LogP contribution in [0.15, 0.2) is 14.5 Å². The van der Waals surface area contributed by atoms with Gasteiger partial charge in [0, 0.05) is 25.7 Å². The summed E-state index contributed by atoms with van der Waals surface area (Å²) in [5.41, 5.74) is -0.396. The second kappa shape index (κ2) is 7.10. The van der Waals surface area contributed by atoms with E-state index in [4.69, 9.17) is 9.26 Å². The monoisotopic (exact) mass is 327 g/mol. The van der Waals surface area contributed by atoms with Crippen molar-refractivity contribution in [3.63, 3.8) is 0 Å². The number of thioether (sulfide) groups is 1. The van der Waals surface area contributed by atoms with E-state index < -0.39 is 0 Å². The topological polar surface area (TPSA) is 98.8 Å². The first-order valence-corrected chi connectivity index (χ1v) is 8.00. The quantitative estimate of drug-likeness (QED) is 0.609. The Balaban J connectivity index is 2.00. The van der Waals surface area contributed by atoms with Crippen LogP contribution in [0.1, 0.15) is 38.9 Å². The Bertz CT molecular complexity index is 655. The van der Waals surface area contributed by atoms with Crippen LogP contribution in [0.4, 0.5) is 0 Å². The van der Waals surface area contributed by atoms with Gasteiger partial charge in [0.05, 0.1) is 5.75 Å². The number of ether oxygens (including phenoxy) is 1. The summed E-state index contributed by atoms with van der Waals surface area (Å²) >= 11 is 1.40. The van der Waals surface area contributed by atoms with Gasteiger partial charge in [-0.25, -0.2) is 9.89 Å². The van der Waals surface area contributed by atoms with Crippen LogP contribution in [0.25, 0.3) is 0 Å². The SMILES string of the molecule is COCCCn1c(SCc2noc(C(C)(C)C)n2)n[nH]c1=O. The van der Waals surface area contributed by atoms with Crippen molar-refractivity contribution in [2.45, 2.75) is 50.1 Å². The van der Waals surface area contributed by atoms with E-state index in [-0.39, 0.29) is 11.1 Å². The number of hydrogen-bond acceptors (Lipinski definition) is 7. The minimum Gasteiger partial charge on any atom is -0.385 e. The van der Waals surface area contributed by atoms with E-state index in [9.17, 15) is 4.79 Å². The molecule has 1 N–H and O–H groups in total. The summed E-state index contributed by atoms with van der Waals surface area (Å²) in [6.07, 6.45) is 0.750.